The average molecular weight is 341 g/mol. The minimum absolute atomic E-state index is 0.0345. The summed E-state index contributed by atoms with van der Waals surface area (Å²) in [5.74, 6) is 1.27. The van der Waals surface area contributed by atoms with Gasteiger partial charge in [0.25, 0.3) is 0 Å². The summed E-state index contributed by atoms with van der Waals surface area (Å²) in [6, 6.07) is 9.07. The van der Waals surface area contributed by atoms with Gasteiger partial charge in [-0.05, 0) is 36.3 Å². The van der Waals surface area contributed by atoms with Crippen LogP contribution in [0.5, 0.6) is 0 Å². The van der Waals surface area contributed by atoms with E-state index >= 15 is 0 Å². The topological polar surface area (TPSA) is 70.7 Å². The van der Waals surface area contributed by atoms with E-state index in [1.807, 2.05) is 4.90 Å². The van der Waals surface area contributed by atoms with Crippen LogP contribution in [0.3, 0.4) is 0 Å². The van der Waals surface area contributed by atoms with Crippen LogP contribution in [-0.4, -0.2) is 48.8 Å². The number of amides is 3. The minimum Gasteiger partial charge on any atom is -0.449 e. The summed E-state index contributed by atoms with van der Waals surface area (Å²) in [4.78, 5) is 25.9. The second kappa shape index (κ2) is 5.64. The van der Waals surface area contributed by atoms with Gasteiger partial charge >= 0.3 is 12.1 Å². The van der Waals surface area contributed by atoms with Crippen LogP contribution in [0.4, 0.5) is 9.59 Å². The maximum absolute atomic E-state index is 12.7. The Hall–Kier alpha value is -2.24. The molecule has 6 heteroatoms. The number of hydrogen-bond donors (Lipinski definition) is 2. The number of carbonyl (C=O) groups excluding carboxylic acids is 2. The molecule has 132 valence electrons. The Morgan fingerprint density at radius 2 is 2.16 bits per heavy atom. The number of rotatable bonds is 1. The van der Waals surface area contributed by atoms with E-state index in [2.05, 4.69) is 34.9 Å². The van der Waals surface area contributed by atoms with Gasteiger partial charge < -0.3 is 20.3 Å². The summed E-state index contributed by atoms with van der Waals surface area (Å²) in [5.41, 5.74) is 2.86. The standard InChI is InChI=1S/C19H23N3O3/c23-18(22-8-7-15-12(9-22)10-25-19(24)20-15)21-17-14-6-5-11-3-1-2-4-13(11)16(14)17/h1-4,12,14-17H,5-10H2,(H,20,24)(H,21,23)/t12-,14?,15+,16?,17?/m1/s1. The lowest BCUT2D eigenvalue weighted by atomic mass is 9.92. The zero-order chi connectivity index (χ0) is 17.0. The van der Waals surface area contributed by atoms with Crippen LogP contribution < -0.4 is 10.6 Å². The number of nitrogens with zero attached hydrogens (tertiary/aromatic N) is 1. The van der Waals surface area contributed by atoms with Gasteiger partial charge in [0.1, 0.15) is 0 Å². The first-order valence-corrected chi connectivity index (χ1v) is 9.27. The van der Waals surface area contributed by atoms with Crippen molar-refractivity contribution in [3.8, 4) is 0 Å². The van der Waals surface area contributed by atoms with Crippen molar-refractivity contribution in [1.82, 2.24) is 15.5 Å². The van der Waals surface area contributed by atoms with Gasteiger partial charge in [0.05, 0.1) is 6.61 Å². The van der Waals surface area contributed by atoms with Gasteiger partial charge in [0.2, 0.25) is 0 Å². The van der Waals surface area contributed by atoms with Gasteiger partial charge in [-0.15, -0.1) is 0 Å². The zero-order valence-corrected chi connectivity index (χ0v) is 14.1. The van der Waals surface area contributed by atoms with Gasteiger partial charge in [-0.3, -0.25) is 0 Å². The van der Waals surface area contributed by atoms with Crippen molar-refractivity contribution in [2.45, 2.75) is 37.3 Å². The van der Waals surface area contributed by atoms with Crippen LogP contribution in [0.1, 0.15) is 29.9 Å². The Labute approximate surface area is 146 Å². The third kappa shape index (κ3) is 2.55. The maximum Gasteiger partial charge on any atom is 0.407 e. The summed E-state index contributed by atoms with van der Waals surface area (Å²) in [5, 5.41) is 6.13. The molecule has 2 N–H and O–H groups in total. The van der Waals surface area contributed by atoms with E-state index in [9.17, 15) is 9.59 Å². The Kier molecular flexibility index (Phi) is 3.40. The normalized spacial score (nSPS) is 35.4. The Morgan fingerprint density at radius 1 is 1.28 bits per heavy atom. The quantitative estimate of drug-likeness (QED) is 0.819. The molecule has 25 heavy (non-hydrogen) atoms. The number of fused-ring (bicyclic) bond motifs is 4. The fourth-order valence-corrected chi connectivity index (χ4v) is 4.95. The Morgan fingerprint density at radius 3 is 3.08 bits per heavy atom. The second-order valence-electron chi connectivity index (χ2n) is 7.75. The third-order valence-electron chi connectivity index (χ3n) is 6.37. The van der Waals surface area contributed by atoms with Crippen molar-refractivity contribution < 1.29 is 14.3 Å². The van der Waals surface area contributed by atoms with Crippen molar-refractivity contribution in [1.29, 1.82) is 0 Å². The third-order valence-corrected chi connectivity index (χ3v) is 6.37. The molecule has 1 aromatic carbocycles. The van der Waals surface area contributed by atoms with E-state index in [1.165, 1.54) is 11.1 Å². The number of cyclic esters (lactones) is 1. The number of carbonyl (C=O) groups is 2. The largest absolute Gasteiger partial charge is 0.449 e. The van der Waals surface area contributed by atoms with E-state index in [4.69, 9.17) is 4.74 Å². The van der Waals surface area contributed by atoms with Crippen LogP contribution in [-0.2, 0) is 11.2 Å². The van der Waals surface area contributed by atoms with E-state index < -0.39 is 0 Å². The Balaban J connectivity index is 1.22. The van der Waals surface area contributed by atoms with Crippen molar-refractivity contribution in [3.63, 3.8) is 0 Å². The SMILES string of the molecule is O=C1N[C@H]2CCN(C(=O)NC3C4CCc5ccccc5C43)C[C@@H]2CO1. The minimum atomic E-state index is -0.333. The predicted octanol–water partition coefficient (Wildman–Crippen LogP) is 1.85. The van der Waals surface area contributed by atoms with E-state index in [0.717, 1.165) is 19.3 Å². The molecule has 0 bridgehead atoms. The second-order valence-corrected chi connectivity index (χ2v) is 7.75. The first-order chi connectivity index (χ1) is 12.2. The highest BCUT2D eigenvalue weighted by Gasteiger charge is 2.54. The lowest BCUT2D eigenvalue weighted by molar-refractivity contribution is 0.0464. The Bertz CT molecular complexity index is 722. The van der Waals surface area contributed by atoms with Crippen LogP contribution >= 0.6 is 0 Å². The number of hydrogen-bond acceptors (Lipinski definition) is 3. The molecule has 2 saturated heterocycles. The highest BCUT2D eigenvalue weighted by molar-refractivity contribution is 5.76. The molecule has 3 fully saturated rings. The monoisotopic (exact) mass is 341 g/mol. The molecule has 3 unspecified atom stereocenters. The van der Waals surface area contributed by atoms with Crippen LogP contribution in [0, 0.1) is 11.8 Å². The summed E-state index contributed by atoms with van der Waals surface area (Å²) >= 11 is 0. The van der Waals surface area contributed by atoms with Crippen molar-refractivity contribution in [3.05, 3.63) is 35.4 Å². The fraction of sp³-hybridized carbons (Fsp3) is 0.579. The molecule has 3 amide bonds. The predicted molar refractivity (Wildman–Crippen MR) is 91.3 cm³/mol. The fourth-order valence-electron chi connectivity index (χ4n) is 4.95. The molecule has 0 aromatic heterocycles. The number of nitrogens with one attached hydrogen (secondary N) is 2. The molecule has 2 aliphatic heterocycles. The van der Waals surface area contributed by atoms with E-state index in [1.54, 1.807) is 0 Å². The number of urea groups is 1. The number of aryl methyl sites for hydroxylation is 1. The summed E-state index contributed by atoms with van der Waals surface area (Å²) in [6.45, 7) is 1.74. The summed E-state index contributed by atoms with van der Waals surface area (Å²) in [6.07, 6.45) is 2.75. The average Bonchev–Trinajstić information content (AvgIpc) is 3.34. The molecular formula is C19H23N3O3. The molecular weight excluding hydrogens is 318 g/mol. The lowest BCUT2D eigenvalue weighted by Gasteiger charge is -2.40. The van der Waals surface area contributed by atoms with E-state index in [-0.39, 0.29) is 30.1 Å². The number of likely N-dealkylation sites (tertiary alicyclic amines) is 1. The molecule has 6 nitrogen and oxygen atoms in total. The molecule has 0 spiro atoms. The highest BCUT2D eigenvalue weighted by Crippen LogP contribution is 2.54. The molecule has 4 aliphatic rings. The molecule has 2 heterocycles. The van der Waals surface area contributed by atoms with Crippen LogP contribution in [0.15, 0.2) is 24.3 Å². The molecule has 1 saturated carbocycles. The first kappa shape index (κ1) is 15.0. The lowest BCUT2D eigenvalue weighted by Crippen LogP contribution is -2.58. The summed E-state index contributed by atoms with van der Waals surface area (Å²) in [7, 11) is 0. The van der Waals surface area contributed by atoms with Crippen molar-refractivity contribution >= 4 is 12.1 Å². The number of benzene rings is 1. The molecule has 2 aliphatic carbocycles. The number of alkyl carbamates (subject to hydrolysis) is 1. The summed E-state index contributed by atoms with van der Waals surface area (Å²) < 4.78 is 5.08. The van der Waals surface area contributed by atoms with Crippen molar-refractivity contribution in [2.75, 3.05) is 19.7 Å². The molecule has 5 atom stereocenters. The first-order valence-electron chi connectivity index (χ1n) is 9.27. The molecule has 5 rings (SSSR count). The molecule has 1 aromatic rings. The number of piperidine rings is 1. The zero-order valence-electron chi connectivity index (χ0n) is 14.1. The van der Waals surface area contributed by atoms with Crippen LogP contribution in [0.25, 0.3) is 0 Å². The highest BCUT2D eigenvalue weighted by atomic mass is 16.6. The van der Waals surface area contributed by atoms with Gasteiger partial charge in [0, 0.05) is 37.0 Å². The van der Waals surface area contributed by atoms with Crippen LogP contribution in [0.2, 0.25) is 0 Å². The molecule has 0 radical (unpaired) electrons. The maximum atomic E-state index is 12.7. The van der Waals surface area contributed by atoms with Gasteiger partial charge in [-0.2, -0.15) is 0 Å². The van der Waals surface area contributed by atoms with E-state index in [0.29, 0.717) is 31.5 Å². The number of ether oxygens (including phenoxy) is 1. The smallest absolute Gasteiger partial charge is 0.407 e. The van der Waals surface area contributed by atoms with Gasteiger partial charge in [0.15, 0.2) is 0 Å². The van der Waals surface area contributed by atoms with Crippen molar-refractivity contribution in [2.24, 2.45) is 11.8 Å². The van der Waals surface area contributed by atoms with Gasteiger partial charge in [-0.1, -0.05) is 24.3 Å². The van der Waals surface area contributed by atoms with Gasteiger partial charge in [-0.25, -0.2) is 9.59 Å².